The molecule has 0 bridgehead atoms. The van der Waals surface area contributed by atoms with Gasteiger partial charge in [0.2, 0.25) is 5.91 Å². The predicted molar refractivity (Wildman–Crippen MR) is 64.0 cm³/mol. The van der Waals surface area contributed by atoms with Gasteiger partial charge in [-0.25, -0.2) is 0 Å². The van der Waals surface area contributed by atoms with Crippen LogP contribution in [-0.2, 0) is 11.2 Å². The molecule has 0 saturated carbocycles. The predicted octanol–water partition coefficient (Wildman–Crippen LogP) is 1.18. The molecular formula is C12H14ClNO3. The number of halogens is 1. The topological polar surface area (TPSA) is 60.8 Å². The van der Waals surface area contributed by atoms with Gasteiger partial charge in [-0.05, 0) is 24.1 Å². The zero-order valence-electron chi connectivity index (χ0n) is 9.27. The van der Waals surface area contributed by atoms with Gasteiger partial charge in [0.05, 0.1) is 12.5 Å². The van der Waals surface area contributed by atoms with Gasteiger partial charge in [0.1, 0.15) is 5.75 Å². The van der Waals surface area contributed by atoms with Crippen LogP contribution in [0.15, 0.2) is 18.2 Å². The number of likely N-dealkylation sites (tertiary alicyclic amines) is 1. The molecule has 4 nitrogen and oxygen atoms in total. The fraction of sp³-hybridized carbons (Fsp3) is 0.417. The number of carbonyl (C=O) groups excluding carboxylic acids is 1. The van der Waals surface area contributed by atoms with Gasteiger partial charge in [-0.2, -0.15) is 0 Å². The number of amides is 1. The molecule has 0 aromatic heterocycles. The average Bonchev–Trinajstić information content (AvgIpc) is 2.69. The third-order valence-corrected chi connectivity index (χ3v) is 3.25. The van der Waals surface area contributed by atoms with E-state index in [9.17, 15) is 15.0 Å². The number of aromatic hydroxyl groups is 1. The van der Waals surface area contributed by atoms with Gasteiger partial charge in [-0.3, -0.25) is 4.79 Å². The van der Waals surface area contributed by atoms with Crippen molar-refractivity contribution in [2.45, 2.75) is 18.9 Å². The van der Waals surface area contributed by atoms with Crippen LogP contribution in [0.4, 0.5) is 0 Å². The second kappa shape index (κ2) is 4.94. The number of hydrogen-bond donors (Lipinski definition) is 2. The number of aliphatic hydroxyl groups excluding tert-OH is 1. The fourth-order valence-electron chi connectivity index (χ4n) is 1.92. The lowest BCUT2D eigenvalue weighted by Gasteiger charge is -2.15. The Morgan fingerprint density at radius 3 is 2.88 bits per heavy atom. The first-order valence-corrected chi connectivity index (χ1v) is 5.87. The molecule has 1 amide bonds. The van der Waals surface area contributed by atoms with Crippen LogP contribution in [-0.4, -0.2) is 40.2 Å². The number of rotatable bonds is 2. The molecule has 0 spiro atoms. The molecule has 1 aliphatic rings. The van der Waals surface area contributed by atoms with Crippen LogP contribution in [0.5, 0.6) is 5.75 Å². The highest BCUT2D eigenvalue weighted by atomic mass is 35.5. The van der Waals surface area contributed by atoms with E-state index >= 15 is 0 Å². The summed E-state index contributed by atoms with van der Waals surface area (Å²) in [5, 5.41) is 18.9. The van der Waals surface area contributed by atoms with Crippen LogP contribution in [0, 0.1) is 0 Å². The third kappa shape index (κ3) is 2.90. The number of phenolic OH excluding ortho intramolecular Hbond substituents is 1. The lowest BCUT2D eigenvalue weighted by molar-refractivity contribution is -0.129. The van der Waals surface area contributed by atoms with Crippen molar-refractivity contribution in [2.24, 2.45) is 0 Å². The summed E-state index contributed by atoms with van der Waals surface area (Å²) >= 11 is 5.93. The molecule has 2 N–H and O–H groups in total. The Labute approximate surface area is 104 Å². The Morgan fingerprint density at radius 1 is 1.53 bits per heavy atom. The quantitative estimate of drug-likeness (QED) is 0.834. The van der Waals surface area contributed by atoms with E-state index < -0.39 is 6.10 Å². The molecule has 92 valence electrons. The minimum Gasteiger partial charge on any atom is -0.508 e. The van der Waals surface area contributed by atoms with Crippen molar-refractivity contribution < 1.29 is 15.0 Å². The smallest absolute Gasteiger partial charge is 0.227 e. The maximum absolute atomic E-state index is 11.9. The van der Waals surface area contributed by atoms with Gasteiger partial charge in [0.25, 0.3) is 0 Å². The Bertz CT molecular complexity index is 436. The molecule has 1 aliphatic heterocycles. The maximum atomic E-state index is 11.9. The highest BCUT2D eigenvalue weighted by Crippen LogP contribution is 2.23. The first kappa shape index (κ1) is 12.2. The van der Waals surface area contributed by atoms with Crippen LogP contribution >= 0.6 is 11.6 Å². The largest absolute Gasteiger partial charge is 0.508 e. The van der Waals surface area contributed by atoms with Gasteiger partial charge >= 0.3 is 0 Å². The van der Waals surface area contributed by atoms with Crippen molar-refractivity contribution >= 4 is 17.5 Å². The summed E-state index contributed by atoms with van der Waals surface area (Å²) in [6.07, 6.45) is 0.426. The van der Waals surface area contributed by atoms with Crippen LogP contribution in [0.25, 0.3) is 0 Å². The first-order valence-electron chi connectivity index (χ1n) is 5.49. The van der Waals surface area contributed by atoms with E-state index in [-0.39, 0.29) is 18.1 Å². The van der Waals surface area contributed by atoms with Crippen LogP contribution in [0.1, 0.15) is 12.0 Å². The summed E-state index contributed by atoms with van der Waals surface area (Å²) in [6.45, 7) is 0.990. The third-order valence-electron chi connectivity index (χ3n) is 2.89. The molecule has 1 aromatic carbocycles. The molecule has 1 saturated heterocycles. The van der Waals surface area contributed by atoms with Gasteiger partial charge in [0.15, 0.2) is 0 Å². The molecule has 5 heteroatoms. The number of β-amino-alcohol motifs (C(OH)–C–C–N with tert-alkyl or cyclic N) is 1. The Balaban J connectivity index is 2.03. The van der Waals surface area contributed by atoms with Crippen LogP contribution < -0.4 is 0 Å². The number of phenols is 1. The van der Waals surface area contributed by atoms with E-state index in [2.05, 4.69) is 0 Å². The number of nitrogens with zero attached hydrogens (tertiary/aromatic N) is 1. The van der Waals surface area contributed by atoms with Gasteiger partial charge in [0, 0.05) is 18.1 Å². The van der Waals surface area contributed by atoms with Crippen molar-refractivity contribution in [3.05, 3.63) is 28.8 Å². The van der Waals surface area contributed by atoms with Gasteiger partial charge < -0.3 is 15.1 Å². The van der Waals surface area contributed by atoms with Crippen molar-refractivity contribution in [3.63, 3.8) is 0 Å². The van der Waals surface area contributed by atoms with E-state index in [1.165, 1.54) is 12.1 Å². The molecule has 0 aliphatic carbocycles. The minimum atomic E-state index is -0.408. The molecule has 1 aromatic rings. The van der Waals surface area contributed by atoms with E-state index in [1.54, 1.807) is 11.0 Å². The monoisotopic (exact) mass is 255 g/mol. The molecule has 0 radical (unpaired) electrons. The summed E-state index contributed by atoms with van der Waals surface area (Å²) in [5.74, 6) is 0.0388. The number of benzene rings is 1. The summed E-state index contributed by atoms with van der Waals surface area (Å²) in [7, 11) is 0. The molecule has 0 unspecified atom stereocenters. The maximum Gasteiger partial charge on any atom is 0.227 e. The molecule has 1 atom stereocenters. The lowest BCUT2D eigenvalue weighted by Crippen LogP contribution is -2.30. The highest BCUT2D eigenvalue weighted by molar-refractivity contribution is 6.31. The molecule has 1 fully saturated rings. The number of carbonyl (C=O) groups is 1. The summed E-state index contributed by atoms with van der Waals surface area (Å²) in [4.78, 5) is 13.5. The van der Waals surface area contributed by atoms with Crippen molar-refractivity contribution in [1.29, 1.82) is 0 Å². The van der Waals surface area contributed by atoms with Gasteiger partial charge in [-0.15, -0.1) is 0 Å². The zero-order chi connectivity index (χ0) is 12.4. The molecular weight excluding hydrogens is 242 g/mol. The SMILES string of the molecule is O=C(Cc1ccc(O)cc1Cl)N1CC[C@H](O)C1. The standard InChI is InChI=1S/C12H14ClNO3/c13-11-6-9(15)2-1-8(11)5-12(17)14-4-3-10(16)7-14/h1-2,6,10,15-16H,3-5,7H2/t10-/m0/s1. The molecule has 1 heterocycles. The summed E-state index contributed by atoms with van der Waals surface area (Å²) in [5.41, 5.74) is 0.691. The minimum absolute atomic E-state index is 0.0471. The second-order valence-electron chi connectivity index (χ2n) is 4.23. The Hall–Kier alpha value is -1.26. The molecule has 17 heavy (non-hydrogen) atoms. The van der Waals surface area contributed by atoms with Crippen molar-refractivity contribution in [3.8, 4) is 5.75 Å². The van der Waals surface area contributed by atoms with Crippen molar-refractivity contribution in [2.75, 3.05) is 13.1 Å². The van der Waals surface area contributed by atoms with Gasteiger partial charge in [-0.1, -0.05) is 17.7 Å². The normalized spacial score (nSPS) is 19.6. The Morgan fingerprint density at radius 2 is 2.29 bits per heavy atom. The highest BCUT2D eigenvalue weighted by Gasteiger charge is 2.24. The van der Waals surface area contributed by atoms with E-state index in [1.807, 2.05) is 0 Å². The number of aliphatic hydroxyl groups is 1. The summed E-state index contributed by atoms with van der Waals surface area (Å²) in [6, 6.07) is 4.57. The first-order chi connectivity index (χ1) is 8.06. The zero-order valence-corrected chi connectivity index (χ0v) is 10.0. The summed E-state index contributed by atoms with van der Waals surface area (Å²) < 4.78 is 0. The van der Waals surface area contributed by atoms with E-state index in [4.69, 9.17) is 11.6 Å². The van der Waals surface area contributed by atoms with Crippen LogP contribution in [0.2, 0.25) is 5.02 Å². The van der Waals surface area contributed by atoms with Crippen LogP contribution in [0.3, 0.4) is 0 Å². The fourth-order valence-corrected chi connectivity index (χ4v) is 2.16. The van der Waals surface area contributed by atoms with E-state index in [0.29, 0.717) is 30.1 Å². The lowest BCUT2D eigenvalue weighted by atomic mass is 10.1. The number of hydrogen-bond acceptors (Lipinski definition) is 3. The Kier molecular flexibility index (Phi) is 3.54. The molecule has 2 rings (SSSR count). The second-order valence-corrected chi connectivity index (χ2v) is 4.64. The average molecular weight is 256 g/mol. The van der Waals surface area contributed by atoms with Crippen molar-refractivity contribution in [1.82, 2.24) is 4.90 Å². The van der Waals surface area contributed by atoms with E-state index in [0.717, 1.165) is 0 Å².